The Kier molecular flexibility index (Phi) is 11.0. The Hall–Kier alpha value is 0.851. The molecule has 4 aliphatic rings. The SMILES string of the molecule is CN1C2CCCCC2C2C3CCCCC3C([Si](C)(C)[N-]C(C)(C)C)C21.[CH3-].[CH3-].[CH3-].[Ti+4]. The van der Waals surface area contributed by atoms with Gasteiger partial charge in [-0.05, 0) is 55.5 Å². The summed E-state index contributed by atoms with van der Waals surface area (Å²) in [7, 11) is 0.877. The molecule has 0 bridgehead atoms. The van der Waals surface area contributed by atoms with Crippen LogP contribution in [0.15, 0.2) is 0 Å². The van der Waals surface area contributed by atoms with Gasteiger partial charge in [0.05, 0.1) is 0 Å². The molecule has 0 amide bonds. The number of rotatable bonds is 2. The molecular weight excluding hydrogens is 404 g/mol. The maximum Gasteiger partial charge on any atom is 4.00 e. The Morgan fingerprint density at radius 3 is 1.83 bits per heavy atom. The fourth-order valence-electron chi connectivity index (χ4n) is 8.15. The molecule has 7 unspecified atom stereocenters. The minimum Gasteiger partial charge on any atom is -0.660 e. The number of likely N-dealkylation sites (tertiary alicyclic amines) is 1. The third-order valence-corrected chi connectivity index (χ3v) is 11.9. The summed E-state index contributed by atoms with van der Waals surface area (Å²) >= 11 is 0. The average Bonchev–Trinajstić information content (AvgIpc) is 3.00. The smallest absolute Gasteiger partial charge is 0.660 e. The molecule has 3 aliphatic carbocycles. The molecule has 168 valence electrons. The summed E-state index contributed by atoms with van der Waals surface area (Å²) < 4.78 is 0. The van der Waals surface area contributed by atoms with Crippen LogP contribution in [0.1, 0.15) is 72.1 Å². The number of hydrogen-bond acceptors (Lipinski definition) is 1. The van der Waals surface area contributed by atoms with E-state index in [2.05, 4.69) is 45.8 Å². The van der Waals surface area contributed by atoms with E-state index in [1.165, 1.54) is 51.4 Å². The van der Waals surface area contributed by atoms with Crippen molar-refractivity contribution in [3.05, 3.63) is 27.3 Å². The fraction of sp³-hybridized carbons (Fsp3) is 0.880. The molecule has 1 heterocycles. The van der Waals surface area contributed by atoms with Crippen LogP contribution in [0.5, 0.6) is 0 Å². The predicted octanol–water partition coefficient (Wildman–Crippen LogP) is 7.39. The zero-order valence-electron chi connectivity index (χ0n) is 21.1. The van der Waals surface area contributed by atoms with Crippen LogP contribution in [-0.4, -0.2) is 37.8 Å². The van der Waals surface area contributed by atoms with E-state index in [9.17, 15) is 0 Å². The molecule has 3 saturated carbocycles. The van der Waals surface area contributed by atoms with E-state index in [1.807, 2.05) is 0 Å². The van der Waals surface area contributed by atoms with Crippen LogP contribution in [0.3, 0.4) is 0 Å². The van der Waals surface area contributed by atoms with Crippen LogP contribution in [-0.2, 0) is 21.7 Å². The first kappa shape index (κ1) is 29.9. The second-order valence-electron chi connectivity index (χ2n) is 11.3. The Morgan fingerprint density at radius 1 is 0.793 bits per heavy atom. The van der Waals surface area contributed by atoms with E-state index in [0.717, 1.165) is 41.3 Å². The Bertz CT molecular complexity index is 504. The minimum atomic E-state index is -1.62. The van der Waals surface area contributed by atoms with Gasteiger partial charge < -0.3 is 27.3 Å². The van der Waals surface area contributed by atoms with E-state index in [4.69, 9.17) is 4.98 Å². The van der Waals surface area contributed by atoms with Crippen molar-refractivity contribution in [1.29, 1.82) is 0 Å². The quantitative estimate of drug-likeness (QED) is 0.314. The normalized spacial score (nSPS) is 38.9. The molecule has 0 aromatic carbocycles. The van der Waals surface area contributed by atoms with Gasteiger partial charge in [0, 0.05) is 12.1 Å². The van der Waals surface area contributed by atoms with Gasteiger partial charge in [-0.1, -0.05) is 74.2 Å². The van der Waals surface area contributed by atoms with Crippen LogP contribution in [0.2, 0.25) is 18.6 Å². The summed E-state index contributed by atoms with van der Waals surface area (Å²) in [4.78, 5) is 8.45. The number of hydrogen-bond donors (Lipinski definition) is 0. The van der Waals surface area contributed by atoms with Crippen molar-refractivity contribution < 1.29 is 21.7 Å². The van der Waals surface area contributed by atoms with Gasteiger partial charge in [0.1, 0.15) is 0 Å². The Morgan fingerprint density at radius 2 is 1.28 bits per heavy atom. The zero-order valence-corrected chi connectivity index (χ0v) is 23.7. The minimum absolute atomic E-state index is 0. The molecule has 0 radical (unpaired) electrons. The summed E-state index contributed by atoms with van der Waals surface area (Å²) in [5, 5.41) is 0. The molecule has 1 aliphatic heterocycles. The molecule has 0 aromatic rings. The third kappa shape index (κ3) is 5.27. The Balaban J connectivity index is 0.00000196. The topological polar surface area (TPSA) is 17.3 Å². The molecule has 0 spiro atoms. The van der Waals surface area contributed by atoms with Gasteiger partial charge >= 0.3 is 21.7 Å². The fourth-order valence-corrected chi connectivity index (χ4v) is 12.8. The van der Waals surface area contributed by atoms with Gasteiger partial charge in [0.2, 0.25) is 0 Å². The molecular formula is C25H50N2SiTi. The molecule has 1 saturated heterocycles. The zero-order chi connectivity index (χ0) is 18.0. The summed E-state index contributed by atoms with van der Waals surface area (Å²) in [6.07, 6.45) is 12.0. The maximum atomic E-state index is 5.54. The largest absolute Gasteiger partial charge is 4.00 e. The van der Waals surface area contributed by atoms with E-state index in [-0.39, 0.29) is 49.5 Å². The van der Waals surface area contributed by atoms with Gasteiger partial charge in [-0.2, -0.15) is 0 Å². The van der Waals surface area contributed by atoms with E-state index in [0.29, 0.717) is 0 Å². The van der Waals surface area contributed by atoms with Crippen molar-refractivity contribution in [1.82, 2.24) is 4.90 Å². The van der Waals surface area contributed by atoms with Gasteiger partial charge in [-0.25, -0.2) is 0 Å². The van der Waals surface area contributed by atoms with E-state index in [1.54, 1.807) is 0 Å². The summed E-state index contributed by atoms with van der Waals surface area (Å²) in [6.45, 7) is 12.2. The molecule has 29 heavy (non-hydrogen) atoms. The van der Waals surface area contributed by atoms with Crippen molar-refractivity contribution >= 4 is 8.24 Å². The first-order valence-electron chi connectivity index (χ1n) is 11.2. The Labute approximate surface area is 200 Å². The second-order valence-corrected chi connectivity index (χ2v) is 15.5. The van der Waals surface area contributed by atoms with Crippen molar-refractivity contribution in [2.45, 2.75) is 108 Å². The van der Waals surface area contributed by atoms with Gasteiger partial charge in [-0.15, -0.1) is 5.54 Å². The van der Waals surface area contributed by atoms with E-state index < -0.39 is 8.24 Å². The average molecular weight is 455 g/mol. The third-order valence-electron chi connectivity index (χ3n) is 8.30. The predicted molar refractivity (Wildman–Crippen MR) is 130 cm³/mol. The van der Waals surface area contributed by atoms with Crippen molar-refractivity contribution in [2.75, 3.05) is 7.05 Å². The molecule has 2 nitrogen and oxygen atoms in total. The first-order chi connectivity index (χ1) is 11.7. The van der Waals surface area contributed by atoms with Crippen LogP contribution in [0.4, 0.5) is 0 Å². The van der Waals surface area contributed by atoms with Crippen molar-refractivity contribution in [2.24, 2.45) is 23.7 Å². The van der Waals surface area contributed by atoms with Crippen LogP contribution >= 0.6 is 0 Å². The molecule has 0 aromatic heterocycles. The first-order valence-corrected chi connectivity index (χ1v) is 14.2. The molecule has 7 atom stereocenters. The van der Waals surface area contributed by atoms with Gasteiger partial charge in [0.25, 0.3) is 0 Å². The second kappa shape index (κ2) is 10.6. The van der Waals surface area contributed by atoms with E-state index >= 15 is 0 Å². The monoisotopic (exact) mass is 454 g/mol. The van der Waals surface area contributed by atoms with Gasteiger partial charge in [-0.3, -0.25) is 4.90 Å². The van der Waals surface area contributed by atoms with Crippen LogP contribution in [0.25, 0.3) is 4.98 Å². The summed E-state index contributed by atoms with van der Waals surface area (Å²) in [5.41, 5.74) is 1.03. The number of nitrogens with zero attached hydrogens (tertiary/aromatic N) is 2. The van der Waals surface area contributed by atoms with Crippen molar-refractivity contribution in [3.63, 3.8) is 0 Å². The summed E-state index contributed by atoms with van der Waals surface area (Å²) in [6, 6.07) is 1.75. The summed E-state index contributed by atoms with van der Waals surface area (Å²) in [5.74, 6) is 4.04. The van der Waals surface area contributed by atoms with Crippen LogP contribution in [0, 0.1) is 46.0 Å². The molecule has 4 fully saturated rings. The standard InChI is InChI=1S/C22H41N2Si.3CH3.Ti/c1-22(2,3)23-25(5,6)21-16-12-8-7-11-15(16)19-17-13-9-10-14-18(17)24(4)20(19)21;;;;/h15-21H,7-14H2,1-6H3;3*1H3;/q4*-1;+4. The van der Waals surface area contributed by atoms with Crippen molar-refractivity contribution in [3.8, 4) is 0 Å². The van der Waals surface area contributed by atoms with Gasteiger partial charge in [0.15, 0.2) is 0 Å². The molecule has 0 N–H and O–H groups in total. The van der Waals surface area contributed by atoms with Crippen LogP contribution < -0.4 is 0 Å². The molecule has 4 rings (SSSR count). The maximum absolute atomic E-state index is 5.54. The number of fused-ring (bicyclic) bond motifs is 5. The molecule has 4 heteroatoms.